The van der Waals surface area contributed by atoms with Gasteiger partial charge in [0.1, 0.15) is 0 Å². The molecule has 0 spiro atoms. The van der Waals surface area contributed by atoms with Gasteiger partial charge in [0.25, 0.3) is 0 Å². The number of hydrogen-bond donors (Lipinski definition) is 1. The standard InChI is InChI=1S/C17H17N3O2/c1-9-5-6-12(10(2)7-9)14-8-13(17(21)22)15-11(3)19-20(4)16(15)18-14/h5-8H,1-4H3,(H,21,22). The van der Waals surface area contributed by atoms with Gasteiger partial charge in [-0.25, -0.2) is 9.78 Å². The molecule has 1 aromatic carbocycles. The second-order valence-corrected chi connectivity index (χ2v) is 5.59. The topological polar surface area (TPSA) is 68.0 Å². The average Bonchev–Trinajstić information content (AvgIpc) is 2.73. The van der Waals surface area contributed by atoms with Crippen LogP contribution in [0.1, 0.15) is 27.2 Å². The predicted molar refractivity (Wildman–Crippen MR) is 85.1 cm³/mol. The highest BCUT2D eigenvalue weighted by atomic mass is 16.4. The van der Waals surface area contributed by atoms with Crippen molar-refractivity contribution in [1.29, 1.82) is 0 Å². The van der Waals surface area contributed by atoms with E-state index in [4.69, 9.17) is 0 Å². The lowest BCUT2D eigenvalue weighted by Gasteiger charge is -2.09. The molecule has 0 aliphatic rings. The summed E-state index contributed by atoms with van der Waals surface area (Å²) in [6.07, 6.45) is 0. The van der Waals surface area contributed by atoms with Crippen molar-refractivity contribution in [2.45, 2.75) is 20.8 Å². The molecule has 0 saturated heterocycles. The van der Waals surface area contributed by atoms with Gasteiger partial charge in [0.2, 0.25) is 0 Å². The van der Waals surface area contributed by atoms with Crippen LogP contribution >= 0.6 is 0 Å². The maximum atomic E-state index is 11.6. The van der Waals surface area contributed by atoms with Crippen LogP contribution in [0.4, 0.5) is 0 Å². The minimum atomic E-state index is -0.963. The first-order chi connectivity index (χ1) is 10.4. The van der Waals surface area contributed by atoms with Crippen LogP contribution in [0.2, 0.25) is 0 Å². The molecule has 0 fully saturated rings. The van der Waals surface area contributed by atoms with E-state index < -0.39 is 5.97 Å². The molecule has 5 heteroatoms. The Morgan fingerprint density at radius 3 is 2.55 bits per heavy atom. The maximum Gasteiger partial charge on any atom is 0.336 e. The van der Waals surface area contributed by atoms with E-state index in [2.05, 4.69) is 16.1 Å². The van der Waals surface area contributed by atoms with Crippen LogP contribution in [0.15, 0.2) is 24.3 Å². The summed E-state index contributed by atoms with van der Waals surface area (Å²) in [7, 11) is 1.78. The molecule has 5 nitrogen and oxygen atoms in total. The summed E-state index contributed by atoms with van der Waals surface area (Å²) in [5, 5.41) is 14.4. The number of aryl methyl sites for hydroxylation is 4. The van der Waals surface area contributed by atoms with Crippen molar-refractivity contribution in [2.75, 3.05) is 0 Å². The van der Waals surface area contributed by atoms with E-state index in [9.17, 15) is 9.90 Å². The lowest BCUT2D eigenvalue weighted by Crippen LogP contribution is -2.02. The van der Waals surface area contributed by atoms with Crippen molar-refractivity contribution in [3.8, 4) is 11.3 Å². The van der Waals surface area contributed by atoms with E-state index in [0.717, 1.165) is 16.7 Å². The number of pyridine rings is 1. The molecule has 0 aliphatic carbocycles. The smallest absolute Gasteiger partial charge is 0.336 e. The van der Waals surface area contributed by atoms with Gasteiger partial charge >= 0.3 is 5.97 Å². The SMILES string of the molecule is Cc1ccc(-c2cc(C(=O)O)c3c(C)nn(C)c3n2)c(C)c1. The first kappa shape index (κ1) is 14.3. The fourth-order valence-corrected chi connectivity index (χ4v) is 2.85. The van der Waals surface area contributed by atoms with Crippen molar-refractivity contribution in [3.63, 3.8) is 0 Å². The number of rotatable bonds is 2. The number of hydrogen-bond acceptors (Lipinski definition) is 3. The van der Waals surface area contributed by atoms with Crippen molar-refractivity contribution in [1.82, 2.24) is 14.8 Å². The molecule has 0 bridgehead atoms. The van der Waals surface area contributed by atoms with E-state index in [1.807, 2.05) is 26.0 Å². The van der Waals surface area contributed by atoms with E-state index in [0.29, 0.717) is 22.4 Å². The molecule has 3 aromatic rings. The number of carboxylic acid groups (broad SMARTS) is 1. The lowest BCUT2D eigenvalue weighted by atomic mass is 10.0. The summed E-state index contributed by atoms with van der Waals surface area (Å²) in [6.45, 7) is 5.83. The van der Waals surface area contributed by atoms with Crippen molar-refractivity contribution in [2.24, 2.45) is 7.05 Å². The quantitative estimate of drug-likeness (QED) is 0.788. The number of fused-ring (bicyclic) bond motifs is 1. The van der Waals surface area contributed by atoms with E-state index >= 15 is 0 Å². The minimum Gasteiger partial charge on any atom is -0.478 e. The lowest BCUT2D eigenvalue weighted by molar-refractivity contribution is 0.0699. The monoisotopic (exact) mass is 295 g/mol. The van der Waals surface area contributed by atoms with Gasteiger partial charge in [-0.05, 0) is 32.4 Å². The Morgan fingerprint density at radius 1 is 1.18 bits per heavy atom. The number of benzene rings is 1. The summed E-state index contributed by atoms with van der Waals surface area (Å²) in [5.74, 6) is -0.963. The third kappa shape index (κ3) is 2.15. The van der Waals surface area contributed by atoms with E-state index in [-0.39, 0.29) is 5.56 Å². The van der Waals surface area contributed by atoms with Gasteiger partial charge in [-0.1, -0.05) is 23.8 Å². The first-order valence-electron chi connectivity index (χ1n) is 7.03. The van der Waals surface area contributed by atoms with Gasteiger partial charge in [-0.15, -0.1) is 0 Å². The summed E-state index contributed by atoms with van der Waals surface area (Å²) in [4.78, 5) is 16.3. The van der Waals surface area contributed by atoms with Gasteiger partial charge in [0.15, 0.2) is 5.65 Å². The largest absolute Gasteiger partial charge is 0.478 e. The van der Waals surface area contributed by atoms with Crippen molar-refractivity contribution < 1.29 is 9.90 Å². The highest BCUT2D eigenvalue weighted by Crippen LogP contribution is 2.28. The van der Waals surface area contributed by atoms with Crippen LogP contribution in [-0.2, 0) is 7.05 Å². The molecule has 0 unspecified atom stereocenters. The summed E-state index contributed by atoms with van der Waals surface area (Å²) < 4.78 is 1.63. The number of carboxylic acids is 1. The van der Waals surface area contributed by atoms with Crippen LogP contribution in [-0.4, -0.2) is 25.8 Å². The Labute approximate surface area is 128 Å². The second-order valence-electron chi connectivity index (χ2n) is 5.59. The van der Waals surface area contributed by atoms with Crippen molar-refractivity contribution >= 4 is 17.0 Å². The number of aromatic nitrogens is 3. The van der Waals surface area contributed by atoms with Crippen LogP contribution in [0.5, 0.6) is 0 Å². The molecule has 0 saturated carbocycles. The summed E-state index contributed by atoms with van der Waals surface area (Å²) in [5.41, 5.74) is 5.34. The van der Waals surface area contributed by atoms with Crippen LogP contribution < -0.4 is 0 Å². The Balaban J connectivity index is 2.36. The van der Waals surface area contributed by atoms with Gasteiger partial charge in [0, 0.05) is 12.6 Å². The average molecular weight is 295 g/mol. The fraction of sp³-hybridized carbons (Fsp3) is 0.235. The predicted octanol–water partition coefficient (Wildman–Crippen LogP) is 3.26. The Kier molecular flexibility index (Phi) is 3.20. The highest BCUT2D eigenvalue weighted by Gasteiger charge is 2.19. The summed E-state index contributed by atoms with van der Waals surface area (Å²) in [6, 6.07) is 7.68. The molecule has 2 aromatic heterocycles. The van der Waals surface area contributed by atoms with Crippen LogP contribution in [0, 0.1) is 20.8 Å². The molecule has 0 radical (unpaired) electrons. The molecule has 22 heavy (non-hydrogen) atoms. The third-order valence-corrected chi connectivity index (χ3v) is 3.86. The molecule has 0 amide bonds. The van der Waals surface area contributed by atoms with Gasteiger partial charge < -0.3 is 5.11 Å². The Bertz CT molecular complexity index is 910. The normalized spacial score (nSPS) is 11.1. The Morgan fingerprint density at radius 2 is 1.91 bits per heavy atom. The maximum absolute atomic E-state index is 11.6. The molecule has 112 valence electrons. The highest BCUT2D eigenvalue weighted by molar-refractivity contribution is 6.04. The zero-order chi connectivity index (χ0) is 16.0. The van der Waals surface area contributed by atoms with Gasteiger partial charge in [0.05, 0.1) is 22.3 Å². The van der Waals surface area contributed by atoms with E-state index in [1.165, 1.54) is 0 Å². The van der Waals surface area contributed by atoms with Gasteiger partial charge in [-0.2, -0.15) is 5.10 Å². The fourth-order valence-electron chi connectivity index (χ4n) is 2.85. The zero-order valence-electron chi connectivity index (χ0n) is 13.0. The third-order valence-electron chi connectivity index (χ3n) is 3.86. The molecule has 0 aliphatic heterocycles. The summed E-state index contributed by atoms with van der Waals surface area (Å²) >= 11 is 0. The second kappa shape index (κ2) is 4.94. The van der Waals surface area contributed by atoms with Gasteiger partial charge in [-0.3, -0.25) is 4.68 Å². The first-order valence-corrected chi connectivity index (χ1v) is 7.03. The van der Waals surface area contributed by atoms with Crippen LogP contribution in [0.3, 0.4) is 0 Å². The molecule has 3 rings (SSSR count). The van der Waals surface area contributed by atoms with Crippen LogP contribution in [0.25, 0.3) is 22.3 Å². The number of aromatic carboxylic acids is 1. The minimum absolute atomic E-state index is 0.241. The Hall–Kier alpha value is -2.69. The molecule has 1 N–H and O–H groups in total. The molecule has 0 atom stereocenters. The van der Waals surface area contributed by atoms with E-state index in [1.54, 1.807) is 24.7 Å². The molecular formula is C17H17N3O2. The number of nitrogens with zero attached hydrogens (tertiary/aromatic N) is 3. The van der Waals surface area contributed by atoms with Crippen molar-refractivity contribution in [3.05, 3.63) is 46.6 Å². The zero-order valence-corrected chi connectivity index (χ0v) is 13.0. The molecular weight excluding hydrogens is 278 g/mol. The molecule has 2 heterocycles. The number of carbonyl (C=O) groups is 1.